The smallest absolute Gasteiger partial charge is 0.144 e. The quantitative estimate of drug-likeness (QED) is 0.833. The van der Waals surface area contributed by atoms with Crippen LogP contribution in [0.4, 0.5) is 0 Å². The van der Waals surface area contributed by atoms with Crippen molar-refractivity contribution in [2.45, 2.75) is 26.3 Å². The summed E-state index contributed by atoms with van der Waals surface area (Å²) < 4.78 is 0. The van der Waals surface area contributed by atoms with Crippen molar-refractivity contribution in [3.8, 4) is 0 Å². The zero-order valence-corrected chi connectivity index (χ0v) is 11.0. The summed E-state index contributed by atoms with van der Waals surface area (Å²) in [6, 6.07) is 1.78. The Hall–Kier alpha value is -0.710. The Bertz CT molecular complexity index is 363. The maximum absolute atomic E-state index is 5.93. The van der Waals surface area contributed by atoms with Crippen molar-refractivity contribution < 1.29 is 0 Å². The normalized spacial score (nSPS) is 21.7. The molecular formula is C12H19ClN4. The number of hydrogen-bond donors (Lipinski definition) is 1. The van der Waals surface area contributed by atoms with Gasteiger partial charge in [0.25, 0.3) is 0 Å². The molecule has 1 aliphatic heterocycles. The van der Waals surface area contributed by atoms with Crippen LogP contribution in [-0.4, -0.2) is 34.5 Å². The van der Waals surface area contributed by atoms with Crippen LogP contribution in [0, 0.1) is 12.8 Å². The van der Waals surface area contributed by atoms with Crippen LogP contribution in [0.5, 0.6) is 0 Å². The number of piperidine rings is 1. The molecule has 2 N–H and O–H groups in total. The number of nitrogens with zero attached hydrogens (tertiary/aromatic N) is 3. The molecule has 0 aromatic carbocycles. The SMILES string of the molecule is Cc1cc(Cl)nc(CN2CCCC(CN)C2)n1. The lowest BCUT2D eigenvalue weighted by molar-refractivity contribution is 0.167. The lowest BCUT2D eigenvalue weighted by Crippen LogP contribution is -2.38. The fraction of sp³-hybridized carbons (Fsp3) is 0.667. The molecule has 0 spiro atoms. The van der Waals surface area contributed by atoms with Gasteiger partial charge in [-0.25, -0.2) is 9.97 Å². The van der Waals surface area contributed by atoms with Crippen LogP contribution in [-0.2, 0) is 6.54 Å². The van der Waals surface area contributed by atoms with Gasteiger partial charge in [-0.3, -0.25) is 4.90 Å². The van der Waals surface area contributed by atoms with E-state index in [0.29, 0.717) is 11.1 Å². The molecule has 2 rings (SSSR count). The maximum atomic E-state index is 5.93. The second-order valence-corrected chi connectivity index (χ2v) is 5.11. The van der Waals surface area contributed by atoms with Gasteiger partial charge < -0.3 is 5.73 Å². The maximum Gasteiger partial charge on any atom is 0.144 e. The number of aryl methyl sites for hydroxylation is 1. The number of hydrogen-bond acceptors (Lipinski definition) is 4. The molecule has 2 heterocycles. The molecule has 1 aromatic rings. The molecule has 1 atom stereocenters. The van der Waals surface area contributed by atoms with Crippen molar-refractivity contribution in [1.82, 2.24) is 14.9 Å². The van der Waals surface area contributed by atoms with Crippen molar-refractivity contribution >= 4 is 11.6 Å². The van der Waals surface area contributed by atoms with Gasteiger partial charge in [0.05, 0.1) is 6.54 Å². The zero-order valence-electron chi connectivity index (χ0n) is 10.2. The molecule has 1 aromatic heterocycles. The molecule has 1 fully saturated rings. The lowest BCUT2D eigenvalue weighted by Gasteiger charge is -2.31. The molecular weight excluding hydrogens is 236 g/mol. The predicted octanol–water partition coefficient (Wildman–Crippen LogP) is 1.61. The Morgan fingerprint density at radius 1 is 1.53 bits per heavy atom. The van der Waals surface area contributed by atoms with E-state index in [1.165, 1.54) is 12.8 Å². The van der Waals surface area contributed by atoms with Crippen LogP contribution in [0.1, 0.15) is 24.4 Å². The molecule has 0 bridgehead atoms. The molecule has 1 aliphatic rings. The molecule has 0 aliphatic carbocycles. The van der Waals surface area contributed by atoms with E-state index in [4.69, 9.17) is 17.3 Å². The van der Waals surface area contributed by atoms with E-state index in [1.807, 2.05) is 6.92 Å². The lowest BCUT2D eigenvalue weighted by atomic mass is 9.98. The summed E-state index contributed by atoms with van der Waals surface area (Å²) in [7, 11) is 0. The number of aromatic nitrogens is 2. The van der Waals surface area contributed by atoms with E-state index in [1.54, 1.807) is 6.07 Å². The molecule has 94 valence electrons. The van der Waals surface area contributed by atoms with Gasteiger partial charge in [-0.15, -0.1) is 0 Å². The highest BCUT2D eigenvalue weighted by Gasteiger charge is 2.19. The topological polar surface area (TPSA) is 55.0 Å². The number of likely N-dealkylation sites (tertiary alicyclic amines) is 1. The molecule has 0 amide bonds. The summed E-state index contributed by atoms with van der Waals surface area (Å²) in [4.78, 5) is 11.0. The van der Waals surface area contributed by atoms with E-state index >= 15 is 0 Å². The van der Waals surface area contributed by atoms with Gasteiger partial charge in [-0.1, -0.05) is 11.6 Å². The number of rotatable bonds is 3. The Morgan fingerprint density at radius 3 is 3.06 bits per heavy atom. The molecule has 4 nitrogen and oxygen atoms in total. The minimum absolute atomic E-state index is 0.528. The van der Waals surface area contributed by atoms with Crippen LogP contribution in [0.25, 0.3) is 0 Å². The highest BCUT2D eigenvalue weighted by atomic mass is 35.5. The average molecular weight is 255 g/mol. The first-order valence-electron chi connectivity index (χ1n) is 6.10. The fourth-order valence-electron chi connectivity index (χ4n) is 2.35. The van der Waals surface area contributed by atoms with Crippen LogP contribution < -0.4 is 5.73 Å². The highest BCUT2D eigenvalue weighted by Crippen LogP contribution is 2.17. The highest BCUT2D eigenvalue weighted by molar-refractivity contribution is 6.29. The first-order chi connectivity index (χ1) is 8.17. The number of nitrogens with two attached hydrogens (primary N) is 1. The van der Waals surface area contributed by atoms with Gasteiger partial charge in [0.2, 0.25) is 0 Å². The van der Waals surface area contributed by atoms with E-state index < -0.39 is 0 Å². The standard InChI is InChI=1S/C12H19ClN4/c1-9-5-11(13)16-12(15-9)8-17-4-2-3-10(6-14)7-17/h5,10H,2-4,6-8,14H2,1H3. The summed E-state index contributed by atoms with van der Waals surface area (Å²) >= 11 is 5.93. The summed E-state index contributed by atoms with van der Waals surface area (Å²) in [5.41, 5.74) is 6.65. The first-order valence-corrected chi connectivity index (χ1v) is 6.47. The van der Waals surface area contributed by atoms with Gasteiger partial charge in [-0.05, 0) is 44.8 Å². The minimum atomic E-state index is 0.528. The van der Waals surface area contributed by atoms with Gasteiger partial charge in [0.15, 0.2) is 0 Å². The van der Waals surface area contributed by atoms with E-state index in [9.17, 15) is 0 Å². The van der Waals surface area contributed by atoms with Crippen molar-refractivity contribution in [2.75, 3.05) is 19.6 Å². The van der Waals surface area contributed by atoms with Gasteiger partial charge in [0.1, 0.15) is 11.0 Å². The van der Waals surface area contributed by atoms with Crippen molar-refractivity contribution in [3.63, 3.8) is 0 Å². The predicted molar refractivity (Wildman–Crippen MR) is 68.8 cm³/mol. The molecule has 5 heteroatoms. The van der Waals surface area contributed by atoms with Crippen LogP contribution in [0.15, 0.2) is 6.07 Å². The summed E-state index contributed by atoms with van der Waals surface area (Å²) in [6.45, 7) is 5.64. The van der Waals surface area contributed by atoms with E-state index in [2.05, 4.69) is 14.9 Å². The fourth-order valence-corrected chi connectivity index (χ4v) is 2.60. The monoisotopic (exact) mass is 254 g/mol. The molecule has 1 saturated heterocycles. The Balaban J connectivity index is 2.00. The molecule has 17 heavy (non-hydrogen) atoms. The van der Waals surface area contributed by atoms with Crippen LogP contribution in [0.3, 0.4) is 0 Å². The Morgan fingerprint density at radius 2 is 2.35 bits per heavy atom. The summed E-state index contributed by atoms with van der Waals surface area (Å²) in [5.74, 6) is 1.43. The van der Waals surface area contributed by atoms with Gasteiger partial charge >= 0.3 is 0 Å². The van der Waals surface area contributed by atoms with E-state index in [-0.39, 0.29) is 0 Å². The largest absolute Gasteiger partial charge is 0.330 e. The Labute approximate surface area is 107 Å². The second kappa shape index (κ2) is 5.76. The first kappa shape index (κ1) is 12.7. The molecule has 0 radical (unpaired) electrons. The second-order valence-electron chi connectivity index (χ2n) is 4.73. The molecule has 1 unspecified atom stereocenters. The third kappa shape index (κ3) is 3.63. The summed E-state index contributed by atoms with van der Waals surface area (Å²) in [5, 5.41) is 0.528. The third-order valence-corrected chi connectivity index (χ3v) is 3.36. The zero-order chi connectivity index (χ0) is 12.3. The number of halogens is 1. The van der Waals surface area contributed by atoms with Crippen molar-refractivity contribution in [2.24, 2.45) is 11.7 Å². The van der Waals surface area contributed by atoms with Gasteiger partial charge in [-0.2, -0.15) is 0 Å². The van der Waals surface area contributed by atoms with E-state index in [0.717, 1.165) is 37.7 Å². The minimum Gasteiger partial charge on any atom is -0.330 e. The van der Waals surface area contributed by atoms with Crippen LogP contribution >= 0.6 is 11.6 Å². The van der Waals surface area contributed by atoms with Gasteiger partial charge in [0, 0.05) is 12.2 Å². The summed E-state index contributed by atoms with van der Waals surface area (Å²) in [6.07, 6.45) is 2.45. The average Bonchev–Trinajstić information content (AvgIpc) is 2.28. The molecule has 0 saturated carbocycles. The van der Waals surface area contributed by atoms with Crippen LogP contribution in [0.2, 0.25) is 5.15 Å². The van der Waals surface area contributed by atoms with Crippen molar-refractivity contribution in [3.05, 3.63) is 22.7 Å². The third-order valence-electron chi connectivity index (χ3n) is 3.17. The Kier molecular flexibility index (Phi) is 4.31. The van der Waals surface area contributed by atoms with Crippen molar-refractivity contribution in [1.29, 1.82) is 0 Å².